The Kier molecular flexibility index (Phi) is 5.07. The zero-order valence-electron chi connectivity index (χ0n) is 15.5. The van der Waals surface area contributed by atoms with Crippen molar-refractivity contribution in [1.29, 1.82) is 0 Å². The molecule has 3 aliphatic rings. The second kappa shape index (κ2) is 7.54. The fourth-order valence-electron chi connectivity index (χ4n) is 3.63. The summed E-state index contributed by atoms with van der Waals surface area (Å²) < 4.78 is 33.5. The van der Waals surface area contributed by atoms with Gasteiger partial charge in [0, 0.05) is 12.5 Å². The van der Waals surface area contributed by atoms with Crippen LogP contribution in [0.5, 0.6) is 11.5 Å². The third-order valence-corrected chi connectivity index (χ3v) is 6.91. The maximum atomic E-state index is 12.6. The third kappa shape index (κ3) is 4.29. The van der Waals surface area contributed by atoms with E-state index in [-0.39, 0.29) is 49.6 Å². The van der Waals surface area contributed by atoms with Gasteiger partial charge < -0.3 is 20.1 Å². The number of nitrogens with one attached hydrogen (secondary N) is 2. The lowest BCUT2D eigenvalue weighted by Crippen LogP contribution is -2.37. The van der Waals surface area contributed by atoms with Gasteiger partial charge >= 0.3 is 6.03 Å². The van der Waals surface area contributed by atoms with Gasteiger partial charge in [-0.15, -0.1) is 0 Å². The summed E-state index contributed by atoms with van der Waals surface area (Å²) in [6.07, 6.45) is 0.565. The van der Waals surface area contributed by atoms with Crippen LogP contribution in [0.2, 0.25) is 0 Å². The summed E-state index contributed by atoms with van der Waals surface area (Å²) in [6.45, 7) is 0.225. The van der Waals surface area contributed by atoms with Crippen LogP contribution in [0.25, 0.3) is 0 Å². The molecule has 10 nitrogen and oxygen atoms in total. The summed E-state index contributed by atoms with van der Waals surface area (Å²) in [6, 6.07) is 3.52. The first-order valence-corrected chi connectivity index (χ1v) is 11.1. The first kappa shape index (κ1) is 19.5. The molecule has 2 saturated heterocycles. The van der Waals surface area contributed by atoms with E-state index in [2.05, 4.69) is 10.6 Å². The Morgan fingerprint density at radius 1 is 1.24 bits per heavy atom. The minimum atomic E-state index is -3.08. The monoisotopic (exact) mass is 423 g/mol. The fourth-order valence-corrected chi connectivity index (χ4v) is 5.30. The summed E-state index contributed by atoms with van der Waals surface area (Å²) in [4.78, 5) is 37.9. The number of hydrogen-bond acceptors (Lipinski definition) is 7. The maximum Gasteiger partial charge on any atom is 0.325 e. The molecule has 0 bridgehead atoms. The highest BCUT2D eigenvalue weighted by molar-refractivity contribution is 7.91. The van der Waals surface area contributed by atoms with E-state index in [9.17, 15) is 22.8 Å². The van der Waals surface area contributed by atoms with E-state index in [0.717, 1.165) is 10.5 Å². The number of rotatable bonds is 6. The van der Waals surface area contributed by atoms with Crippen molar-refractivity contribution in [3.63, 3.8) is 0 Å². The zero-order valence-corrected chi connectivity index (χ0v) is 16.4. The summed E-state index contributed by atoms with van der Waals surface area (Å²) in [5.74, 6) is 0.472. The second-order valence-electron chi connectivity index (χ2n) is 7.32. The number of fused-ring (bicyclic) bond motifs is 1. The predicted molar refractivity (Wildman–Crippen MR) is 99.9 cm³/mol. The Bertz CT molecular complexity index is 962. The van der Waals surface area contributed by atoms with Crippen molar-refractivity contribution in [2.75, 3.05) is 18.3 Å². The molecule has 156 valence electrons. The quantitative estimate of drug-likeness (QED) is 0.612. The Balaban J connectivity index is 1.29. The molecule has 1 unspecified atom stereocenters. The van der Waals surface area contributed by atoms with Gasteiger partial charge in [-0.3, -0.25) is 14.5 Å². The van der Waals surface area contributed by atoms with Crippen molar-refractivity contribution in [3.8, 4) is 11.5 Å². The first-order valence-electron chi connectivity index (χ1n) is 9.31. The molecule has 11 heteroatoms. The lowest BCUT2D eigenvalue weighted by molar-refractivity contribution is -0.128. The smallest absolute Gasteiger partial charge is 0.325 e. The van der Waals surface area contributed by atoms with Crippen LogP contribution < -0.4 is 20.1 Å². The van der Waals surface area contributed by atoms with Gasteiger partial charge in [-0.1, -0.05) is 6.07 Å². The summed E-state index contributed by atoms with van der Waals surface area (Å²) in [5, 5.41) is 5.27. The maximum absolute atomic E-state index is 12.6. The molecule has 1 aromatic rings. The number of urea groups is 1. The second-order valence-corrected chi connectivity index (χ2v) is 9.55. The van der Waals surface area contributed by atoms with Gasteiger partial charge in [0.2, 0.25) is 12.7 Å². The average Bonchev–Trinajstić information content (AvgIpc) is 3.33. The van der Waals surface area contributed by atoms with Crippen molar-refractivity contribution in [2.24, 2.45) is 0 Å². The molecule has 0 spiro atoms. The molecule has 0 aliphatic carbocycles. The molecular weight excluding hydrogens is 402 g/mol. The average molecular weight is 423 g/mol. The van der Waals surface area contributed by atoms with E-state index in [1.54, 1.807) is 18.2 Å². The Labute approximate surface area is 167 Å². The molecule has 3 aliphatic heterocycles. The molecule has 1 aromatic carbocycles. The molecule has 2 N–H and O–H groups in total. The number of sulfone groups is 1. The number of benzene rings is 1. The van der Waals surface area contributed by atoms with Crippen LogP contribution in [0.4, 0.5) is 4.79 Å². The highest BCUT2D eigenvalue weighted by Crippen LogP contribution is 2.33. The first-order chi connectivity index (χ1) is 13.8. The minimum Gasteiger partial charge on any atom is -0.454 e. The van der Waals surface area contributed by atoms with Crippen LogP contribution in [-0.4, -0.2) is 61.5 Å². The molecule has 0 radical (unpaired) electrons. The SMILES string of the molecule is O=C(CC[C@@H]1NC(=O)N(Cc2ccc3c(c2)OCO3)C1=O)NC1CCS(=O)(=O)C1. The van der Waals surface area contributed by atoms with Crippen molar-refractivity contribution >= 4 is 27.7 Å². The van der Waals surface area contributed by atoms with Gasteiger partial charge in [0.15, 0.2) is 21.3 Å². The van der Waals surface area contributed by atoms with Crippen molar-refractivity contribution in [1.82, 2.24) is 15.5 Å². The molecule has 4 amide bonds. The number of hydrogen-bond donors (Lipinski definition) is 2. The number of amides is 4. The Morgan fingerprint density at radius 2 is 2.03 bits per heavy atom. The third-order valence-electron chi connectivity index (χ3n) is 5.14. The van der Waals surface area contributed by atoms with Gasteiger partial charge in [0.05, 0.1) is 18.1 Å². The summed E-state index contributed by atoms with van der Waals surface area (Å²) in [7, 11) is -3.08. The standard InChI is InChI=1S/C18H21N3O7S/c22-16(19-12-5-6-29(25,26)9-12)4-2-13-17(23)21(18(24)20-13)8-11-1-3-14-15(7-11)28-10-27-14/h1,3,7,12-13H,2,4-6,8-10H2,(H,19,22)(H,20,24)/t12?,13-/m0/s1. The highest BCUT2D eigenvalue weighted by atomic mass is 32.2. The van der Waals surface area contributed by atoms with Crippen molar-refractivity contribution in [2.45, 2.75) is 37.9 Å². The predicted octanol–water partition coefficient (Wildman–Crippen LogP) is -0.0808. The highest BCUT2D eigenvalue weighted by Gasteiger charge is 2.38. The number of carbonyl (C=O) groups is 3. The van der Waals surface area contributed by atoms with E-state index >= 15 is 0 Å². The van der Waals surface area contributed by atoms with Gasteiger partial charge in [0.25, 0.3) is 5.91 Å². The summed E-state index contributed by atoms with van der Waals surface area (Å²) in [5.41, 5.74) is 0.721. The Hall–Kier alpha value is -2.82. The lowest BCUT2D eigenvalue weighted by atomic mass is 10.1. The number of nitrogens with zero attached hydrogens (tertiary/aromatic N) is 1. The van der Waals surface area contributed by atoms with Crippen LogP contribution in [0.1, 0.15) is 24.8 Å². The van der Waals surface area contributed by atoms with Crippen LogP contribution >= 0.6 is 0 Å². The van der Waals surface area contributed by atoms with Crippen molar-refractivity contribution < 1.29 is 32.3 Å². The molecule has 3 heterocycles. The van der Waals surface area contributed by atoms with Gasteiger partial charge in [0.1, 0.15) is 6.04 Å². The van der Waals surface area contributed by atoms with Gasteiger partial charge in [-0.05, 0) is 30.5 Å². The van der Waals surface area contributed by atoms with E-state index in [1.165, 1.54) is 0 Å². The van der Waals surface area contributed by atoms with E-state index in [4.69, 9.17) is 9.47 Å². The van der Waals surface area contributed by atoms with Crippen LogP contribution in [0, 0.1) is 0 Å². The molecule has 2 fully saturated rings. The van der Waals surface area contributed by atoms with Crippen LogP contribution in [0.3, 0.4) is 0 Å². The largest absolute Gasteiger partial charge is 0.454 e. The van der Waals surface area contributed by atoms with Crippen LogP contribution in [0.15, 0.2) is 18.2 Å². The molecule has 0 aromatic heterocycles. The zero-order chi connectivity index (χ0) is 20.6. The normalized spacial score (nSPS) is 24.6. The molecule has 4 rings (SSSR count). The minimum absolute atomic E-state index is 0.0189. The number of ether oxygens (including phenoxy) is 2. The van der Waals surface area contributed by atoms with E-state index < -0.39 is 27.8 Å². The van der Waals surface area contributed by atoms with Gasteiger partial charge in [-0.2, -0.15) is 0 Å². The lowest BCUT2D eigenvalue weighted by Gasteiger charge is -2.14. The topological polar surface area (TPSA) is 131 Å². The van der Waals surface area contributed by atoms with Gasteiger partial charge in [-0.25, -0.2) is 13.2 Å². The van der Waals surface area contributed by atoms with E-state index in [0.29, 0.717) is 17.9 Å². The van der Waals surface area contributed by atoms with E-state index in [1.807, 2.05) is 0 Å². The molecule has 0 saturated carbocycles. The fraction of sp³-hybridized carbons (Fsp3) is 0.500. The summed E-state index contributed by atoms with van der Waals surface area (Å²) >= 11 is 0. The van der Waals surface area contributed by atoms with Crippen LogP contribution in [-0.2, 0) is 26.0 Å². The van der Waals surface area contributed by atoms with Crippen molar-refractivity contribution in [3.05, 3.63) is 23.8 Å². The molecule has 2 atom stereocenters. The number of carbonyl (C=O) groups excluding carboxylic acids is 3. The Morgan fingerprint density at radius 3 is 2.79 bits per heavy atom. The number of imide groups is 1. The molecule has 29 heavy (non-hydrogen) atoms. The molecular formula is C18H21N3O7S.